The monoisotopic (exact) mass is 235 g/mol. The van der Waals surface area contributed by atoms with Crippen LogP contribution in [0.15, 0.2) is 24.3 Å². The molecule has 0 atom stereocenters. The molecule has 0 heterocycles. The van der Waals surface area contributed by atoms with Crippen molar-refractivity contribution in [3.05, 3.63) is 29.8 Å². The average molecular weight is 235 g/mol. The van der Waals surface area contributed by atoms with Crippen LogP contribution in [0.25, 0.3) is 0 Å². The molecule has 15 heavy (non-hydrogen) atoms. The van der Waals surface area contributed by atoms with Crippen molar-refractivity contribution in [1.82, 2.24) is 0 Å². The molecule has 0 amide bonds. The van der Waals surface area contributed by atoms with Crippen LogP contribution in [-0.4, -0.2) is 17.5 Å². The van der Waals surface area contributed by atoms with Crippen LogP contribution in [0.4, 0.5) is 5.69 Å². The van der Waals surface area contributed by atoms with Gasteiger partial charge in [-0.25, -0.2) is 16.8 Å². The molecule has 6 N–H and O–H groups in total. The lowest BCUT2D eigenvalue weighted by Gasteiger charge is -2.13. The van der Waals surface area contributed by atoms with Crippen LogP contribution in [0.3, 0.4) is 0 Å². The molecule has 0 fully saturated rings. The third-order valence-electron chi connectivity index (χ3n) is 1.39. The van der Waals surface area contributed by atoms with Crippen LogP contribution < -0.4 is 16.8 Å². The van der Waals surface area contributed by atoms with E-state index in [4.69, 9.17) is 29.2 Å². The number of hydrogen-bond acceptors (Lipinski definition) is 5. The first-order valence-electron chi connectivity index (χ1n) is 3.77. The molecule has 1 aromatic rings. The minimum atomic E-state index is -4.67. The lowest BCUT2D eigenvalue weighted by molar-refractivity contribution is 0.381. The maximum Gasteiger partial charge on any atom is 0.394 e. The topological polar surface area (TPSA) is 130 Å². The highest BCUT2D eigenvalue weighted by molar-refractivity contribution is 7.79. The predicted molar refractivity (Wildman–Crippen MR) is 56.2 cm³/mol. The van der Waals surface area contributed by atoms with Crippen LogP contribution in [0, 0.1) is 6.92 Å². The lowest BCUT2D eigenvalue weighted by atomic mass is 10.2. The molecule has 0 aliphatic rings. The smallest absolute Gasteiger partial charge is 0.264 e. The molecule has 0 radical (unpaired) electrons. The van der Waals surface area contributed by atoms with Crippen molar-refractivity contribution in [3.63, 3.8) is 0 Å². The summed E-state index contributed by atoms with van der Waals surface area (Å²) in [6, 6.07) is 7.68. The molecule has 7 nitrogen and oxygen atoms in total. The molecule has 86 valence electrons. The summed E-state index contributed by atoms with van der Waals surface area (Å²) in [4.78, 5) is 0. The number of benzene rings is 1. The average Bonchev–Trinajstić information content (AvgIpc) is 2.01. The molecule has 0 aliphatic heterocycles. The van der Waals surface area contributed by atoms with Gasteiger partial charge in [0.15, 0.2) is 0 Å². The van der Waals surface area contributed by atoms with Gasteiger partial charge in [-0.2, -0.15) is 8.42 Å². The Hall–Kier alpha value is -1.19. The first-order chi connectivity index (χ1) is 6.72. The van der Waals surface area contributed by atoms with Crippen molar-refractivity contribution < 1.29 is 17.5 Å². The van der Waals surface area contributed by atoms with E-state index in [9.17, 15) is 0 Å². The first-order valence-corrected chi connectivity index (χ1v) is 5.16. The Morgan fingerprint density at radius 3 is 1.87 bits per heavy atom. The molecule has 0 bridgehead atoms. The Balaban J connectivity index is 0.000000336. The predicted octanol–water partition coefficient (Wildman–Crippen LogP) is -0.104. The molecule has 0 spiro atoms. The molecule has 1 rings (SSSR count). The highest BCUT2D eigenvalue weighted by atomic mass is 32.3. The molecule has 0 unspecified atom stereocenters. The van der Waals surface area contributed by atoms with E-state index >= 15 is 0 Å². The van der Waals surface area contributed by atoms with Crippen molar-refractivity contribution in [3.8, 4) is 0 Å². The van der Waals surface area contributed by atoms with Gasteiger partial charge in [0.05, 0.1) is 5.69 Å². The second-order valence-electron chi connectivity index (χ2n) is 2.64. The van der Waals surface area contributed by atoms with Gasteiger partial charge in [0.25, 0.3) is 0 Å². The number of aryl methyl sites for hydroxylation is 1. The van der Waals surface area contributed by atoms with Gasteiger partial charge in [0.1, 0.15) is 0 Å². The van der Waals surface area contributed by atoms with E-state index in [-0.39, 0.29) is 0 Å². The zero-order valence-corrected chi connectivity index (χ0v) is 8.85. The highest BCUT2D eigenvalue weighted by Crippen LogP contribution is 2.13. The second-order valence-corrected chi connectivity index (χ2v) is 3.54. The van der Waals surface area contributed by atoms with Crippen molar-refractivity contribution in [2.75, 3.05) is 5.12 Å². The van der Waals surface area contributed by atoms with Crippen molar-refractivity contribution in [2.24, 2.45) is 11.7 Å². The summed E-state index contributed by atoms with van der Waals surface area (Å²) in [6.07, 6.45) is 0. The van der Waals surface area contributed by atoms with Gasteiger partial charge in [0, 0.05) is 0 Å². The number of hydrazine groups is 2. The zero-order chi connectivity index (χ0) is 12.1. The minimum absolute atomic E-state index is 0.850. The van der Waals surface area contributed by atoms with Crippen LogP contribution in [0.2, 0.25) is 0 Å². The van der Waals surface area contributed by atoms with Crippen molar-refractivity contribution in [2.45, 2.75) is 6.92 Å². The molecule has 0 aromatic heterocycles. The van der Waals surface area contributed by atoms with Gasteiger partial charge < -0.3 is 0 Å². The number of nitrogens with zero attached hydrogens (tertiary/aromatic N) is 1. The van der Waals surface area contributed by atoms with Gasteiger partial charge in [0.2, 0.25) is 0 Å². The second kappa shape index (κ2) is 5.63. The number of para-hydroxylation sites is 1. The molecule has 1 aromatic carbocycles. The fourth-order valence-electron chi connectivity index (χ4n) is 0.853. The van der Waals surface area contributed by atoms with E-state index in [0.29, 0.717) is 0 Å². The lowest BCUT2D eigenvalue weighted by Crippen LogP contribution is -2.38. The third-order valence-corrected chi connectivity index (χ3v) is 1.39. The Kier molecular flexibility index (Phi) is 5.19. The number of rotatable bonds is 1. The molecular weight excluding hydrogens is 222 g/mol. The number of anilines is 1. The van der Waals surface area contributed by atoms with Gasteiger partial charge in [-0.05, 0) is 18.6 Å². The molecular formula is C7H13N3O4S. The van der Waals surface area contributed by atoms with Crippen LogP contribution in [0.5, 0.6) is 0 Å². The van der Waals surface area contributed by atoms with Gasteiger partial charge >= 0.3 is 10.4 Å². The van der Waals surface area contributed by atoms with Crippen LogP contribution in [0.1, 0.15) is 5.56 Å². The first kappa shape index (κ1) is 13.8. The summed E-state index contributed by atoms with van der Waals surface area (Å²) in [6.45, 7) is 1.96. The Labute approximate surface area is 87.8 Å². The number of hydrogen-bond donors (Lipinski definition) is 4. The summed E-state index contributed by atoms with van der Waals surface area (Å²) >= 11 is 0. The third kappa shape index (κ3) is 7.85. The van der Waals surface area contributed by atoms with Crippen LogP contribution in [-0.2, 0) is 10.4 Å². The summed E-state index contributed by atoms with van der Waals surface area (Å²) in [5.41, 5.74) is 1.93. The minimum Gasteiger partial charge on any atom is -0.264 e. The van der Waals surface area contributed by atoms with Gasteiger partial charge in [-0.3, -0.25) is 9.11 Å². The summed E-state index contributed by atoms with van der Waals surface area (Å²) in [5, 5.41) is 1.12. The zero-order valence-electron chi connectivity index (χ0n) is 8.03. The summed E-state index contributed by atoms with van der Waals surface area (Å²) < 4.78 is 31.6. The summed E-state index contributed by atoms with van der Waals surface area (Å²) in [7, 11) is -4.67. The van der Waals surface area contributed by atoms with E-state index in [1.807, 2.05) is 31.2 Å². The molecule has 0 aliphatic carbocycles. The van der Waals surface area contributed by atoms with E-state index in [1.165, 1.54) is 0 Å². The number of nitrogens with two attached hydrogens (primary N) is 2. The van der Waals surface area contributed by atoms with Crippen molar-refractivity contribution in [1.29, 1.82) is 0 Å². The fraction of sp³-hybridized carbons (Fsp3) is 0.143. The molecule has 0 saturated carbocycles. The Morgan fingerprint density at radius 2 is 1.60 bits per heavy atom. The summed E-state index contributed by atoms with van der Waals surface area (Å²) in [5.74, 6) is 10.7. The fourth-order valence-corrected chi connectivity index (χ4v) is 0.853. The quantitative estimate of drug-likeness (QED) is 0.303. The standard InChI is InChI=1S/C7H11N3.H2O4S/c1-6-4-2-3-5-7(6)10(8)9;1-5(2,3)4/h2-5H,8-9H2,1H3;(H2,1,2,3,4). The van der Waals surface area contributed by atoms with Crippen LogP contribution >= 0.6 is 0 Å². The highest BCUT2D eigenvalue weighted by Gasteiger charge is 1.96. The Bertz CT molecular complexity index is 396. The van der Waals surface area contributed by atoms with Crippen molar-refractivity contribution >= 4 is 16.1 Å². The molecule has 8 heteroatoms. The normalized spacial score (nSPS) is 10.2. The molecule has 0 saturated heterocycles. The SMILES string of the molecule is Cc1ccccc1N(N)N.O=S(=O)(O)O. The maximum atomic E-state index is 8.74. The largest absolute Gasteiger partial charge is 0.394 e. The maximum absolute atomic E-state index is 8.74. The van der Waals surface area contributed by atoms with Gasteiger partial charge in [-0.15, -0.1) is 0 Å². The van der Waals surface area contributed by atoms with E-state index in [0.717, 1.165) is 16.4 Å². The van der Waals surface area contributed by atoms with E-state index in [2.05, 4.69) is 0 Å². The van der Waals surface area contributed by atoms with E-state index in [1.54, 1.807) is 0 Å². The van der Waals surface area contributed by atoms with Gasteiger partial charge in [-0.1, -0.05) is 18.2 Å². The Morgan fingerprint density at radius 1 is 1.20 bits per heavy atom. The van der Waals surface area contributed by atoms with E-state index < -0.39 is 10.4 Å².